The number of aromatic nitrogens is 1. The summed E-state index contributed by atoms with van der Waals surface area (Å²) in [6.45, 7) is 7.87. The molecule has 0 bridgehead atoms. The van der Waals surface area contributed by atoms with Gasteiger partial charge in [0.1, 0.15) is 11.9 Å². The largest absolute Gasteiger partial charge is 0.346 e. The Morgan fingerprint density at radius 2 is 1.97 bits per heavy atom. The minimum absolute atomic E-state index is 0.0293. The van der Waals surface area contributed by atoms with Crippen LogP contribution in [-0.2, 0) is 9.59 Å². The van der Waals surface area contributed by atoms with E-state index in [-0.39, 0.29) is 34.5 Å². The quantitative estimate of drug-likeness (QED) is 0.507. The molecule has 1 aromatic carbocycles. The Balaban J connectivity index is 1.29. The van der Waals surface area contributed by atoms with E-state index in [9.17, 15) is 14.4 Å². The predicted octanol–water partition coefficient (Wildman–Crippen LogP) is 3.64. The van der Waals surface area contributed by atoms with Gasteiger partial charge < -0.3 is 20.0 Å². The first-order valence-corrected chi connectivity index (χ1v) is 14.9. The minimum atomic E-state index is -0.832. The number of carbonyl (C=O) groups excluding carboxylic acids is 3. The first-order chi connectivity index (χ1) is 18.6. The van der Waals surface area contributed by atoms with E-state index in [1.54, 1.807) is 17.0 Å². The predicted molar refractivity (Wildman–Crippen MR) is 151 cm³/mol. The first kappa shape index (κ1) is 28.0. The van der Waals surface area contributed by atoms with Crippen molar-refractivity contribution in [1.29, 1.82) is 0 Å². The Hall–Kier alpha value is -2.56. The highest BCUT2D eigenvalue weighted by Gasteiger charge is 2.51. The number of thiazole rings is 1. The van der Waals surface area contributed by atoms with Crippen LogP contribution in [0.2, 0.25) is 0 Å². The van der Waals surface area contributed by atoms with Crippen molar-refractivity contribution in [2.75, 3.05) is 44.7 Å². The number of anilines is 1. The standard InChI is InChI=1S/C28H35ClFN5O3S/c1-16(2)12-22(27(38)35-14-20(29)18-6-7-24(36)25(18)35)31-26(37)17-4-5-19(21(30)13-17)23-15-39-28(32-23)34-10-8-33(3)9-11-34/h4-5,13,15-16,18,20,22,25H,6-12,14H2,1-3H3,(H,31,37)/t18-,20-,22+,25+/m1/s1. The fourth-order valence-corrected chi connectivity index (χ4v) is 7.12. The fraction of sp³-hybridized carbons (Fsp3) is 0.571. The summed E-state index contributed by atoms with van der Waals surface area (Å²) in [7, 11) is 2.09. The third-order valence-electron chi connectivity index (χ3n) is 8.00. The molecule has 3 aliphatic rings. The molecule has 11 heteroatoms. The van der Waals surface area contributed by atoms with Gasteiger partial charge in [-0.1, -0.05) is 13.8 Å². The summed E-state index contributed by atoms with van der Waals surface area (Å²) in [6.07, 6.45) is 1.50. The summed E-state index contributed by atoms with van der Waals surface area (Å²) in [4.78, 5) is 49.9. The van der Waals surface area contributed by atoms with Crippen LogP contribution in [0.15, 0.2) is 23.6 Å². The lowest BCUT2D eigenvalue weighted by Gasteiger charge is -2.32. The number of fused-ring (bicyclic) bond motifs is 1. The molecule has 0 unspecified atom stereocenters. The number of hydrogen-bond donors (Lipinski definition) is 1. The van der Waals surface area contributed by atoms with Gasteiger partial charge in [0, 0.05) is 61.6 Å². The lowest BCUT2D eigenvalue weighted by molar-refractivity contribution is -0.138. The zero-order chi connectivity index (χ0) is 27.8. The van der Waals surface area contributed by atoms with Crippen molar-refractivity contribution in [3.05, 3.63) is 35.0 Å². The second-order valence-corrected chi connectivity index (χ2v) is 12.7. The molecule has 1 aliphatic carbocycles. The number of likely N-dealkylation sites (tertiary alicyclic amines) is 1. The Labute approximate surface area is 237 Å². The molecule has 2 amide bonds. The van der Waals surface area contributed by atoms with Crippen LogP contribution < -0.4 is 10.2 Å². The van der Waals surface area contributed by atoms with E-state index >= 15 is 4.39 Å². The summed E-state index contributed by atoms with van der Waals surface area (Å²) >= 11 is 7.96. The molecule has 1 N–H and O–H groups in total. The van der Waals surface area contributed by atoms with Crippen molar-refractivity contribution < 1.29 is 18.8 Å². The Morgan fingerprint density at radius 1 is 1.23 bits per heavy atom. The summed E-state index contributed by atoms with van der Waals surface area (Å²) in [5.74, 6) is -1.28. The average molecular weight is 576 g/mol. The second kappa shape index (κ2) is 11.5. The molecule has 210 valence electrons. The van der Waals surface area contributed by atoms with Crippen LogP contribution in [0.3, 0.4) is 0 Å². The van der Waals surface area contributed by atoms with Crippen molar-refractivity contribution in [2.45, 2.75) is 50.6 Å². The molecule has 0 radical (unpaired) electrons. The number of rotatable bonds is 7. The van der Waals surface area contributed by atoms with Gasteiger partial charge in [0.2, 0.25) is 5.91 Å². The number of alkyl halides is 1. The van der Waals surface area contributed by atoms with Gasteiger partial charge >= 0.3 is 0 Å². The summed E-state index contributed by atoms with van der Waals surface area (Å²) < 4.78 is 15.2. The molecule has 2 aromatic rings. The third kappa shape index (κ3) is 5.83. The minimum Gasteiger partial charge on any atom is -0.346 e. The van der Waals surface area contributed by atoms with Gasteiger partial charge in [0.15, 0.2) is 10.9 Å². The number of nitrogens with zero attached hydrogens (tertiary/aromatic N) is 4. The summed E-state index contributed by atoms with van der Waals surface area (Å²) in [5, 5.41) is 5.23. The Morgan fingerprint density at radius 3 is 2.67 bits per heavy atom. The molecule has 1 saturated carbocycles. The van der Waals surface area contributed by atoms with Crippen LogP contribution >= 0.6 is 22.9 Å². The number of amides is 2. The molecule has 2 saturated heterocycles. The van der Waals surface area contributed by atoms with E-state index < -0.39 is 23.8 Å². The number of piperazine rings is 1. The molecule has 8 nitrogen and oxygen atoms in total. The lowest BCUT2D eigenvalue weighted by atomic mass is 10.0. The van der Waals surface area contributed by atoms with Crippen LogP contribution in [0.25, 0.3) is 11.3 Å². The van der Waals surface area contributed by atoms with Gasteiger partial charge in [-0.25, -0.2) is 9.37 Å². The number of ketones is 1. The molecular weight excluding hydrogens is 541 g/mol. The number of benzene rings is 1. The van der Waals surface area contributed by atoms with E-state index in [0.717, 1.165) is 31.3 Å². The third-order valence-corrected chi connectivity index (χ3v) is 9.36. The molecule has 4 atom stereocenters. The smallest absolute Gasteiger partial charge is 0.252 e. The maximum atomic E-state index is 15.2. The monoisotopic (exact) mass is 575 g/mol. The molecule has 1 aromatic heterocycles. The zero-order valence-electron chi connectivity index (χ0n) is 22.5. The van der Waals surface area contributed by atoms with E-state index in [4.69, 9.17) is 11.6 Å². The zero-order valence-corrected chi connectivity index (χ0v) is 24.1. The maximum Gasteiger partial charge on any atom is 0.252 e. The molecular formula is C28H35ClFN5O3S. The van der Waals surface area contributed by atoms with Crippen molar-refractivity contribution in [3.8, 4) is 11.3 Å². The Kier molecular flexibility index (Phi) is 8.26. The lowest BCUT2D eigenvalue weighted by Crippen LogP contribution is -2.52. The van der Waals surface area contributed by atoms with Gasteiger partial charge in [-0.15, -0.1) is 22.9 Å². The Bertz CT molecular complexity index is 1250. The summed E-state index contributed by atoms with van der Waals surface area (Å²) in [6, 6.07) is 2.96. The van der Waals surface area contributed by atoms with Crippen LogP contribution in [-0.4, -0.2) is 89.6 Å². The molecule has 3 heterocycles. The van der Waals surface area contributed by atoms with Gasteiger partial charge in [0.05, 0.1) is 17.1 Å². The van der Waals surface area contributed by atoms with E-state index in [0.29, 0.717) is 37.1 Å². The van der Waals surface area contributed by atoms with Crippen molar-refractivity contribution in [2.24, 2.45) is 11.8 Å². The normalized spacial score (nSPS) is 24.4. The SMILES string of the molecule is CC(C)C[C@H](NC(=O)c1ccc(-c2csc(N3CCN(C)CC3)n2)c(F)c1)C(=O)N1C[C@@H](Cl)[C@H]2CCC(=O)[C@H]21. The fourth-order valence-electron chi connectivity index (χ4n) is 5.83. The highest BCUT2D eigenvalue weighted by atomic mass is 35.5. The van der Waals surface area contributed by atoms with Crippen LogP contribution in [0.1, 0.15) is 43.5 Å². The van der Waals surface area contributed by atoms with Crippen molar-refractivity contribution in [1.82, 2.24) is 20.1 Å². The van der Waals surface area contributed by atoms with Gasteiger partial charge in [-0.2, -0.15) is 0 Å². The highest BCUT2D eigenvalue weighted by Crippen LogP contribution is 2.39. The molecule has 0 spiro atoms. The van der Waals surface area contributed by atoms with E-state index in [2.05, 4.69) is 27.1 Å². The average Bonchev–Trinajstić information content (AvgIpc) is 3.61. The van der Waals surface area contributed by atoms with Crippen LogP contribution in [0.5, 0.6) is 0 Å². The first-order valence-electron chi connectivity index (χ1n) is 13.6. The number of carbonyl (C=O) groups is 3. The second-order valence-electron chi connectivity index (χ2n) is 11.3. The maximum absolute atomic E-state index is 15.2. The molecule has 39 heavy (non-hydrogen) atoms. The molecule has 2 aliphatic heterocycles. The number of nitrogens with one attached hydrogen (secondary N) is 1. The van der Waals surface area contributed by atoms with Crippen molar-refractivity contribution >= 4 is 45.7 Å². The molecule has 5 rings (SSSR count). The topological polar surface area (TPSA) is 85.8 Å². The van der Waals surface area contributed by atoms with Crippen LogP contribution in [0, 0.1) is 17.7 Å². The van der Waals surface area contributed by atoms with E-state index in [1.807, 2.05) is 19.2 Å². The van der Waals surface area contributed by atoms with Gasteiger partial charge in [-0.3, -0.25) is 14.4 Å². The molecule has 3 fully saturated rings. The number of likely N-dealkylation sites (N-methyl/N-ethyl adjacent to an activating group) is 1. The van der Waals surface area contributed by atoms with E-state index in [1.165, 1.54) is 17.4 Å². The number of hydrogen-bond acceptors (Lipinski definition) is 7. The number of Topliss-reactive ketones (excluding diaryl/α,β-unsaturated/α-hetero) is 1. The highest BCUT2D eigenvalue weighted by molar-refractivity contribution is 7.14. The van der Waals surface area contributed by atoms with Gasteiger partial charge in [0.25, 0.3) is 5.91 Å². The summed E-state index contributed by atoms with van der Waals surface area (Å²) in [5.41, 5.74) is 0.986. The van der Waals surface area contributed by atoms with Crippen LogP contribution in [0.4, 0.5) is 9.52 Å². The van der Waals surface area contributed by atoms with Crippen molar-refractivity contribution in [3.63, 3.8) is 0 Å². The number of halogens is 2. The van der Waals surface area contributed by atoms with Gasteiger partial charge in [-0.05, 0) is 44.0 Å².